The Labute approximate surface area is 92.1 Å². The van der Waals surface area contributed by atoms with Gasteiger partial charge < -0.3 is 4.74 Å². The Hall–Kier alpha value is -0.670. The fraction of sp³-hybridized carbons (Fsp3) is 0.750. The Morgan fingerprint density at radius 1 is 1.47 bits per heavy atom. The lowest BCUT2D eigenvalue weighted by molar-refractivity contribution is -0.114. The smallest absolute Gasteiger partial charge is 0.155 e. The molecular formula is C12H21NO2. The van der Waals surface area contributed by atoms with Gasteiger partial charge in [-0.3, -0.25) is 9.69 Å². The fourth-order valence-corrected chi connectivity index (χ4v) is 1.78. The molecule has 1 aliphatic heterocycles. The van der Waals surface area contributed by atoms with Crippen molar-refractivity contribution in [3.8, 4) is 0 Å². The zero-order valence-corrected chi connectivity index (χ0v) is 9.74. The van der Waals surface area contributed by atoms with E-state index < -0.39 is 0 Å². The highest BCUT2D eigenvalue weighted by Crippen LogP contribution is 2.12. The van der Waals surface area contributed by atoms with Crippen molar-refractivity contribution in [3.63, 3.8) is 0 Å². The maximum absolute atomic E-state index is 11.0. The van der Waals surface area contributed by atoms with Gasteiger partial charge in [0.05, 0.1) is 6.10 Å². The Kier molecular flexibility index (Phi) is 5.58. The minimum Gasteiger partial charge on any atom is -0.381 e. The maximum atomic E-state index is 11.0. The van der Waals surface area contributed by atoms with Crippen LogP contribution >= 0.6 is 0 Å². The third kappa shape index (κ3) is 4.58. The molecule has 0 aliphatic carbocycles. The fourth-order valence-electron chi connectivity index (χ4n) is 1.78. The average molecular weight is 211 g/mol. The predicted molar refractivity (Wildman–Crippen MR) is 60.9 cm³/mol. The van der Waals surface area contributed by atoms with Crippen LogP contribution in [0.2, 0.25) is 0 Å². The highest BCUT2D eigenvalue weighted by Gasteiger charge is 2.17. The van der Waals surface area contributed by atoms with Gasteiger partial charge in [-0.25, -0.2) is 0 Å². The van der Waals surface area contributed by atoms with Crippen molar-refractivity contribution >= 4 is 5.78 Å². The molecule has 0 radical (unpaired) electrons. The molecule has 3 nitrogen and oxygen atoms in total. The number of allylic oxidation sites excluding steroid dienone is 1. The first-order chi connectivity index (χ1) is 7.26. The van der Waals surface area contributed by atoms with E-state index in [9.17, 15) is 4.79 Å². The molecule has 1 heterocycles. The summed E-state index contributed by atoms with van der Waals surface area (Å²) >= 11 is 0. The topological polar surface area (TPSA) is 29.5 Å². The molecule has 0 aromatic carbocycles. The molecule has 1 aliphatic rings. The third-order valence-electron chi connectivity index (χ3n) is 2.88. The molecule has 86 valence electrons. The molecule has 1 saturated heterocycles. The number of carbonyl (C=O) groups is 1. The molecule has 0 aromatic heterocycles. The van der Waals surface area contributed by atoms with Crippen molar-refractivity contribution in [2.75, 3.05) is 26.7 Å². The Bertz CT molecular complexity index is 218. The van der Waals surface area contributed by atoms with E-state index in [2.05, 4.69) is 4.90 Å². The number of piperidine rings is 1. The first kappa shape index (κ1) is 12.4. The van der Waals surface area contributed by atoms with Crippen LogP contribution in [-0.2, 0) is 9.53 Å². The Balaban J connectivity index is 2.18. The number of ether oxygens (including phenoxy) is 1. The summed E-state index contributed by atoms with van der Waals surface area (Å²) < 4.78 is 5.30. The minimum atomic E-state index is 0.210. The van der Waals surface area contributed by atoms with Crippen LogP contribution in [0.25, 0.3) is 0 Å². The summed E-state index contributed by atoms with van der Waals surface area (Å²) in [5.74, 6) is 0.210. The summed E-state index contributed by atoms with van der Waals surface area (Å²) in [6.07, 6.45) is 6.91. The van der Waals surface area contributed by atoms with Gasteiger partial charge in [-0.05, 0) is 18.9 Å². The van der Waals surface area contributed by atoms with Crippen LogP contribution in [0.4, 0.5) is 0 Å². The first-order valence-corrected chi connectivity index (χ1v) is 5.70. The summed E-state index contributed by atoms with van der Waals surface area (Å²) in [5, 5.41) is 0. The van der Waals surface area contributed by atoms with Gasteiger partial charge in [0.15, 0.2) is 5.78 Å². The number of hydrogen-bond acceptors (Lipinski definition) is 3. The van der Waals surface area contributed by atoms with Crippen molar-refractivity contribution in [2.45, 2.75) is 32.3 Å². The van der Waals surface area contributed by atoms with Crippen LogP contribution < -0.4 is 0 Å². The van der Waals surface area contributed by atoms with E-state index in [1.54, 1.807) is 13.2 Å². The zero-order valence-electron chi connectivity index (χ0n) is 9.74. The molecule has 0 N–H and O–H groups in total. The molecule has 0 spiro atoms. The summed E-state index contributed by atoms with van der Waals surface area (Å²) in [7, 11) is 1.78. The SMILES string of the molecule is CCC(=O)/C=C/CN1CCC(OC)CC1. The van der Waals surface area contributed by atoms with Gasteiger partial charge in [0.2, 0.25) is 0 Å². The van der Waals surface area contributed by atoms with Gasteiger partial charge >= 0.3 is 0 Å². The number of carbonyl (C=O) groups excluding carboxylic acids is 1. The molecular weight excluding hydrogens is 190 g/mol. The van der Waals surface area contributed by atoms with Crippen LogP contribution in [0.1, 0.15) is 26.2 Å². The summed E-state index contributed by atoms with van der Waals surface area (Å²) in [6.45, 7) is 4.92. The quantitative estimate of drug-likeness (QED) is 0.647. The third-order valence-corrected chi connectivity index (χ3v) is 2.88. The molecule has 15 heavy (non-hydrogen) atoms. The van der Waals surface area contributed by atoms with Crippen molar-refractivity contribution in [2.24, 2.45) is 0 Å². The Morgan fingerprint density at radius 3 is 2.67 bits per heavy atom. The van der Waals surface area contributed by atoms with Crippen LogP contribution in [0.5, 0.6) is 0 Å². The van der Waals surface area contributed by atoms with Crippen LogP contribution in [0.3, 0.4) is 0 Å². The number of rotatable bonds is 5. The molecule has 0 unspecified atom stereocenters. The van der Waals surface area contributed by atoms with Gasteiger partial charge in [0.1, 0.15) is 0 Å². The minimum absolute atomic E-state index is 0.210. The molecule has 1 rings (SSSR count). The Morgan fingerprint density at radius 2 is 2.13 bits per heavy atom. The zero-order chi connectivity index (χ0) is 11.1. The van der Waals surface area contributed by atoms with Crippen LogP contribution in [0, 0.1) is 0 Å². The van der Waals surface area contributed by atoms with Crippen molar-refractivity contribution in [1.82, 2.24) is 4.90 Å². The van der Waals surface area contributed by atoms with E-state index in [4.69, 9.17) is 4.74 Å². The number of hydrogen-bond donors (Lipinski definition) is 0. The number of ketones is 1. The largest absolute Gasteiger partial charge is 0.381 e. The maximum Gasteiger partial charge on any atom is 0.155 e. The summed E-state index contributed by atoms with van der Waals surface area (Å²) in [4.78, 5) is 13.4. The predicted octanol–water partition coefficient (Wildman–Crippen LogP) is 1.63. The number of likely N-dealkylation sites (tertiary alicyclic amines) is 1. The lowest BCUT2D eigenvalue weighted by Gasteiger charge is -2.30. The van der Waals surface area contributed by atoms with Gasteiger partial charge in [0, 0.05) is 33.2 Å². The van der Waals surface area contributed by atoms with Crippen molar-refractivity contribution < 1.29 is 9.53 Å². The second-order valence-corrected chi connectivity index (χ2v) is 3.96. The number of nitrogens with zero attached hydrogens (tertiary/aromatic N) is 1. The lowest BCUT2D eigenvalue weighted by atomic mass is 10.1. The van der Waals surface area contributed by atoms with E-state index in [-0.39, 0.29) is 5.78 Å². The van der Waals surface area contributed by atoms with E-state index >= 15 is 0 Å². The molecule has 0 amide bonds. The van der Waals surface area contributed by atoms with E-state index in [0.29, 0.717) is 12.5 Å². The lowest BCUT2D eigenvalue weighted by Crippen LogP contribution is -2.36. The average Bonchev–Trinajstić information content (AvgIpc) is 2.29. The second kappa shape index (κ2) is 6.75. The highest BCUT2D eigenvalue weighted by atomic mass is 16.5. The van der Waals surface area contributed by atoms with Gasteiger partial charge in [-0.15, -0.1) is 0 Å². The molecule has 0 saturated carbocycles. The molecule has 3 heteroatoms. The molecule has 1 fully saturated rings. The van der Waals surface area contributed by atoms with Gasteiger partial charge in [-0.2, -0.15) is 0 Å². The molecule has 0 bridgehead atoms. The normalized spacial score (nSPS) is 19.9. The first-order valence-electron chi connectivity index (χ1n) is 5.70. The van der Waals surface area contributed by atoms with Crippen molar-refractivity contribution in [3.05, 3.63) is 12.2 Å². The monoisotopic (exact) mass is 211 g/mol. The van der Waals surface area contributed by atoms with Gasteiger partial charge in [-0.1, -0.05) is 13.0 Å². The molecule has 0 atom stereocenters. The number of methoxy groups -OCH3 is 1. The van der Waals surface area contributed by atoms with E-state index in [0.717, 1.165) is 32.5 Å². The standard InChI is InChI=1S/C12H21NO2/c1-3-11(14)5-4-8-13-9-6-12(15-2)7-10-13/h4-5,12H,3,6-10H2,1-2H3/b5-4+. The van der Waals surface area contributed by atoms with E-state index in [1.165, 1.54) is 0 Å². The van der Waals surface area contributed by atoms with Crippen molar-refractivity contribution in [1.29, 1.82) is 0 Å². The van der Waals surface area contributed by atoms with Gasteiger partial charge in [0.25, 0.3) is 0 Å². The van der Waals surface area contributed by atoms with Crippen LogP contribution in [-0.4, -0.2) is 43.5 Å². The summed E-state index contributed by atoms with van der Waals surface area (Å²) in [6, 6.07) is 0. The highest BCUT2D eigenvalue weighted by molar-refractivity contribution is 5.89. The van der Waals surface area contributed by atoms with Crippen LogP contribution in [0.15, 0.2) is 12.2 Å². The second-order valence-electron chi connectivity index (χ2n) is 3.96. The molecule has 0 aromatic rings. The van der Waals surface area contributed by atoms with E-state index in [1.807, 2.05) is 13.0 Å². The summed E-state index contributed by atoms with van der Waals surface area (Å²) in [5.41, 5.74) is 0.